The minimum Gasteiger partial charge on any atom is -0.486 e. The highest BCUT2D eigenvalue weighted by atomic mass is 79.9. The van der Waals surface area contributed by atoms with Gasteiger partial charge in [-0.2, -0.15) is 0 Å². The summed E-state index contributed by atoms with van der Waals surface area (Å²) in [4.78, 5) is 14.2. The van der Waals surface area contributed by atoms with Crippen LogP contribution >= 0.6 is 28.3 Å². The van der Waals surface area contributed by atoms with Gasteiger partial charge in [-0.25, -0.2) is 0 Å². The van der Waals surface area contributed by atoms with Crippen LogP contribution in [0.25, 0.3) is 0 Å². The molecule has 0 spiro atoms. The fourth-order valence-electron chi connectivity index (χ4n) is 2.54. The van der Waals surface area contributed by atoms with Crippen LogP contribution in [0.3, 0.4) is 0 Å². The molecule has 2 aromatic rings. The van der Waals surface area contributed by atoms with E-state index in [2.05, 4.69) is 15.9 Å². The second kappa shape index (κ2) is 8.55. The van der Waals surface area contributed by atoms with Crippen LogP contribution in [-0.2, 0) is 6.61 Å². The van der Waals surface area contributed by atoms with E-state index < -0.39 is 0 Å². The highest BCUT2D eigenvalue weighted by molar-refractivity contribution is 9.10. The van der Waals surface area contributed by atoms with Gasteiger partial charge in [-0.3, -0.25) is 4.79 Å². The van der Waals surface area contributed by atoms with Gasteiger partial charge in [-0.15, -0.1) is 12.4 Å². The van der Waals surface area contributed by atoms with Gasteiger partial charge in [0, 0.05) is 23.6 Å². The number of hydrogen-bond acceptors (Lipinski definition) is 4. The molecule has 0 saturated carbocycles. The third kappa shape index (κ3) is 4.75. The minimum absolute atomic E-state index is 0. The zero-order valence-corrected chi connectivity index (χ0v) is 15.5. The molecule has 5 nitrogen and oxygen atoms in total. The van der Waals surface area contributed by atoms with Crippen molar-refractivity contribution in [2.24, 2.45) is 5.73 Å². The molecule has 0 atom stereocenters. The second-order valence-corrected chi connectivity index (χ2v) is 6.56. The van der Waals surface area contributed by atoms with Crippen LogP contribution in [0, 0.1) is 0 Å². The molecule has 0 aliphatic carbocycles. The third-order valence-corrected chi connectivity index (χ3v) is 4.37. The maximum absolute atomic E-state index is 12.4. The van der Waals surface area contributed by atoms with Crippen LogP contribution in [0.15, 0.2) is 45.3 Å². The maximum Gasteiger partial charge on any atom is 0.289 e. The molecule has 1 aliphatic rings. The number of benzene rings is 1. The fraction of sp³-hybridized carbons (Fsp3) is 0.353. The summed E-state index contributed by atoms with van der Waals surface area (Å²) in [5.74, 6) is 1.65. The van der Waals surface area contributed by atoms with Crippen LogP contribution in [0.2, 0.25) is 0 Å². The first kappa shape index (κ1) is 18.8. The van der Waals surface area contributed by atoms with E-state index >= 15 is 0 Å². The molecule has 130 valence electrons. The van der Waals surface area contributed by atoms with Crippen molar-refractivity contribution in [2.45, 2.75) is 25.5 Å². The standard InChI is InChI=1S/C17H19BrN2O3.ClH/c18-12-2-1-3-14(10-12)22-11-15-4-5-16(23-15)17(21)20-8-6-13(19)7-9-20;/h1-5,10,13H,6-9,11,19H2;1H. The summed E-state index contributed by atoms with van der Waals surface area (Å²) in [7, 11) is 0. The summed E-state index contributed by atoms with van der Waals surface area (Å²) in [6.45, 7) is 1.66. The molecule has 2 heterocycles. The lowest BCUT2D eigenvalue weighted by atomic mass is 10.1. The molecule has 7 heteroatoms. The predicted octanol–water partition coefficient (Wildman–Crippen LogP) is 3.61. The summed E-state index contributed by atoms with van der Waals surface area (Å²) < 4.78 is 12.2. The molecule has 0 radical (unpaired) electrons. The van der Waals surface area contributed by atoms with Crippen molar-refractivity contribution in [1.82, 2.24) is 4.90 Å². The number of likely N-dealkylation sites (tertiary alicyclic amines) is 1. The molecule has 0 unspecified atom stereocenters. The molecule has 0 bridgehead atoms. The van der Waals surface area contributed by atoms with Gasteiger partial charge in [-0.05, 0) is 43.2 Å². The number of nitrogens with two attached hydrogens (primary N) is 1. The third-order valence-electron chi connectivity index (χ3n) is 3.88. The van der Waals surface area contributed by atoms with Crippen LogP contribution in [0.1, 0.15) is 29.2 Å². The topological polar surface area (TPSA) is 68.7 Å². The van der Waals surface area contributed by atoms with Crippen molar-refractivity contribution in [3.63, 3.8) is 0 Å². The Balaban J connectivity index is 0.00000208. The van der Waals surface area contributed by atoms with E-state index in [1.165, 1.54) is 0 Å². The van der Waals surface area contributed by atoms with Crippen molar-refractivity contribution in [3.8, 4) is 5.75 Å². The van der Waals surface area contributed by atoms with Crippen molar-refractivity contribution < 1.29 is 13.9 Å². The highest BCUT2D eigenvalue weighted by Crippen LogP contribution is 2.20. The van der Waals surface area contributed by atoms with E-state index in [1.54, 1.807) is 17.0 Å². The lowest BCUT2D eigenvalue weighted by molar-refractivity contribution is 0.0678. The molecular formula is C17H20BrClN2O3. The summed E-state index contributed by atoms with van der Waals surface area (Å²) >= 11 is 3.40. The number of ether oxygens (including phenoxy) is 1. The van der Waals surface area contributed by atoms with Crippen molar-refractivity contribution in [1.29, 1.82) is 0 Å². The number of amides is 1. The normalized spacial score (nSPS) is 15.0. The van der Waals surface area contributed by atoms with Gasteiger partial charge in [0.25, 0.3) is 5.91 Å². The SMILES string of the molecule is Cl.NC1CCN(C(=O)c2ccc(COc3cccc(Br)c3)o2)CC1. The number of hydrogen-bond donors (Lipinski definition) is 1. The van der Waals surface area contributed by atoms with Gasteiger partial charge < -0.3 is 19.8 Å². The molecule has 1 aromatic carbocycles. The van der Waals surface area contributed by atoms with Gasteiger partial charge in [0.2, 0.25) is 0 Å². The average molecular weight is 416 g/mol. The molecular weight excluding hydrogens is 396 g/mol. The quantitative estimate of drug-likeness (QED) is 0.828. The first-order chi connectivity index (χ1) is 11.1. The molecule has 2 N–H and O–H groups in total. The number of carbonyl (C=O) groups excluding carboxylic acids is 1. The molecule has 1 saturated heterocycles. The zero-order chi connectivity index (χ0) is 16.2. The molecule has 1 amide bonds. The van der Waals surface area contributed by atoms with Crippen LogP contribution < -0.4 is 10.5 Å². The van der Waals surface area contributed by atoms with Crippen LogP contribution in [0.5, 0.6) is 5.75 Å². The second-order valence-electron chi connectivity index (χ2n) is 5.64. The number of halogens is 2. The largest absolute Gasteiger partial charge is 0.486 e. The molecule has 3 rings (SSSR count). The van der Waals surface area contributed by atoms with Gasteiger partial charge in [-0.1, -0.05) is 22.0 Å². The van der Waals surface area contributed by atoms with E-state index in [4.69, 9.17) is 14.9 Å². The zero-order valence-electron chi connectivity index (χ0n) is 13.1. The Bertz CT molecular complexity index is 684. The Morgan fingerprint density at radius 3 is 2.75 bits per heavy atom. The van der Waals surface area contributed by atoms with E-state index in [0.717, 1.165) is 23.1 Å². The van der Waals surface area contributed by atoms with Crippen LogP contribution in [-0.4, -0.2) is 29.9 Å². The summed E-state index contributed by atoms with van der Waals surface area (Å²) in [5, 5.41) is 0. The number of carbonyl (C=O) groups is 1. The maximum atomic E-state index is 12.4. The lowest BCUT2D eigenvalue weighted by Gasteiger charge is -2.29. The molecule has 1 aliphatic heterocycles. The Hall–Kier alpha value is -1.50. The van der Waals surface area contributed by atoms with E-state index in [-0.39, 0.29) is 31.0 Å². The molecule has 24 heavy (non-hydrogen) atoms. The molecule has 1 fully saturated rings. The summed E-state index contributed by atoms with van der Waals surface area (Å²) in [6.07, 6.45) is 1.68. The van der Waals surface area contributed by atoms with Crippen molar-refractivity contribution in [2.75, 3.05) is 13.1 Å². The predicted molar refractivity (Wildman–Crippen MR) is 97.5 cm³/mol. The number of piperidine rings is 1. The Morgan fingerprint density at radius 1 is 1.29 bits per heavy atom. The van der Waals surface area contributed by atoms with E-state index in [1.807, 2.05) is 24.3 Å². The van der Waals surface area contributed by atoms with Gasteiger partial charge in [0.1, 0.15) is 18.1 Å². The van der Waals surface area contributed by atoms with E-state index in [0.29, 0.717) is 24.6 Å². The fourth-order valence-corrected chi connectivity index (χ4v) is 2.92. The molecule has 1 aromatic heterocycles. The summed E-state index contributed by atoms with van der Waals surface area (Å²) in [6, 6.07) is 11.3. The monoisotopic (exact) mass is 414 g/mol. The van der Waals surface area contributed by atoms with Gasteiger partial charge in [0.05, 0.1) is 0 Å². The first-order valence-electron chi connectivity index (χ1n) is 7.64. The Morgan fingerprint density at radius 2 is 2.04 bits per heavy atom. The minimum atomic E-state index is -0.0781. The smallest absolute Gasteiger partial charge is 0.289 e. The van der Waals surface area contributed by atoms with Gasteiger partial charge in [0.15, 0.2) is 5.76 Å². The summed E-state index contributed by atoms with van der Waals surface area (Å²) in [5.41, 5.74) is 5.86. The van der Waals surface area contributed by atoms with Crippen molar-refractivity contribution >= 4 is 34.2 Å². The Kier molecular flexibility index (Phi) is 6.71. The Labute approximate surface area is 155 Å². The first-order valence-corrected chi connectivity index (χ1v) is 8.43. The number of furan rings is 1. The number of rotatable bonds is 4. The van der Waals surface area contributed by atoms with Gasteiger partial charge >= 0.3 is 0 Å². The number of nitrogens with zero attached hydrogens (tertiary/aromatic N) is 1. The lowest BCUT2D eigenvalue weighted by Crippen LogP contribution is -2.42. The van der Waals surface area contributed by atoms with Crippen molar-refractivity contribution in [3.05, 3.63) is 52.4 Å². The average Bonchev–Trinajstić information content (AvgIpc) is 3.02. The highest BCUT2D eigenvalue weighted by Gasteiger charge is 2.23. The van der Waals surface area contributed by atoms with E-state index in [9.17, 15) is 4.79 Å². The van der Waals surface area contributed by atoms with Crippen LogP contribution in [0.4, 0.5) is 0 Å².